The second kappa shape index (κ2) is 11.0. The van der Waals surface area contributed by atoms with Gasteiger partial charge in [-0.1, -0.05) is 35.5 Å². The van der Waals surface area contributed by atoms with E-state index in [1.54, 1.807) is 43.0 Å². The summed E-state index contributed by atoms with van der Waals surface area (Å²) in [5, 5.41) is 15.3. The number of halogens is 1. The second-order valence-electron chi connectivity index (χ2n) is 7.06. The minimum atomic E-state index is -0.338. The summed E-state index contributed by atoms with van der Waals surface area (Å²) < 4.78 is 6.91. The molecule has 0 unspecified atom stereocenters. The summed E-state index contributed by atoms with van der Waals surface area (Å²) in [7, 11) is 3.41. The van der Waals surface area contributed by atoms with Gasteiger partial charge in [0.15, 0.2) is 11.0 Å². The lowest BCUT2D eigenvalue weighted by Gasteiger charge is -2.14. The molecule has 0 bridgehead atoms. The van der Waals surface area contributed by atoms with Crippen molar-refractivity contribution in [2.75, 3.05) is 18.2 Å². The number of nitrogens with zero attached hydrogens (tertiary/aromatic N) is 3. The minimum Gasteiger partial charge on any atom is -0.497 e. The fraction of sp³-hybridized carbons (Fsp3) is 0.273. The average molecular weight is 474 g/mol. The molecule has 1 heterocycles. The number of benzene rings is 2. The number of amides is 2. The van der Waals surface area contributed by atoms with Crippen molar-refractivity contribution in [1.82, 2.24) is 20.1 Å². The maximum absolute atomic E-state index is 12.4. The molecule has 8 nitrogen and oxygen atoms in total. The van der Waals surface area contributed by atoms with Crippen LogP contribution in [0, 0.1) is 0 Å². The van der Waals surface area contributed by atoms with Gasteiger partial charge in [0, 0.05) is 17.8 Å². The monoisotopic (exact) mass is 473 g/mol. The summed E-state index contributed by atoms with van der Waals surface area (Å²) in [6, 6.07) is 13.9. The highest BCUT2D eigenvalue weighted by molar-refractivity contribution is 7.99. The van der Waals surface area contributed by atoms with Crippen LogP contribution in [0.3, 0.4) is 0 Å². The first-order valence-electron chi connectivity index (χ1n) is 9.85. The summed E-state index contributed by atoms with van der Waals surface area (Å²) in [4.78, 5) is 24.6. The van der Waals surface area contributed by atoms with Crippen molar-refractivity contribution in [3.8, 4) is 5.75 Å². The Balaban J connectivity index is 1.51. The third-order valence-corrected chi connectivity index (χ3v) is 5.89. The summed E-state index contributed by atoms with van der Waals surface area (Å²) in [5.41, 5.74) is 1.56. The molecule has 0 aliphatic heterocycles. The zero-order chi connectivity index (χ0) is 23.1. The lowest BCUT2D eigenvalue weighted by Crippen LogP contribution is -2.29. The molecule has 2 N–H and O–H groups in total. The van der Waals surface area contributed by atoms with Gasteiger partial charge in [-0.05, 0) is 48.9 Å². The van der Waals surface area contributed by atoms with Crippen LogP contribution in [-0.4, -0.2) is 39.4 Å². The van der Waals surface area contributed by atoms with Crippen LogP contribution in [0.4, 0.5) is 5.69 Å². The number of carbonyl (C=O) groups is 2. The number of hydrogen-bond donors (Lipinski definition) is 2. The van der Waals surface area contributed by atoms with E-state index in [0.29, 0.717) is 21.7 Å². The van der Waals surface area contributed by atoms with E-state index in [-0.39, 0.29) is 30.0 Å². The van der Waals surface area contributed by atoms with E-state index in [0.717, 1.165) is 11.3 Å². The Kier molecular flexibility index (Phi) is 8.13. The van der Waals surface area contributed by atoms with Gasteiger partial charge in [0.1, 0.15) is 5.75 Å². The fourth-order valence-corrected chi connectivity index (χ4v) is 3.82. The van der Waals surface area contributed by atoms with Crippen LogP contribution in [-0.2, 0) is 23.1 Å². The summed E-state index contributed by atoms with van der Waals surface area (Å²) >= 11 is 7.12. The zero-order valence-electron chi connectivity index (χ0n) is 18.0. The first kappa shape index (κ1) is 23.6. The largest absolute Gasteiger partial charge is 0.497 e. The van der Waals surface area contributed by atoms with Crippen LogP contribution in [0.5, 0.6) is 5.75 Å². The summed E-state index contributed by atoms with van der Waals surface area (Å²) in [5.74, 6) is 1.24. The summed E-state index contributed by atoms with van der Waals surface area (Å²) in [6.45, 7) is 1.84. The topological polar surface area (TPSA) is 98.1 Å². The van der Waals surface area contributed by atoms with E-state index in [2.05, 4.69) is 20.8 Å². The van der Waals surface area contributed by atoms with Crippen molar-refractivity contribution < 1.29 is 14.3 Å². The third-order valence-electron chi connectivity index (χ3n) is 4.62. The van der Waals surface area contributed by atoms with Crippen molar-refractivity contribution in [1.29, 1.82) is 0 Å². The average Bonchev–Trinajstić information content (AvgIpc) is 3.15. The van der Waals surface area contributed by atoms with E-state index in [1.165, 1.54) is 11.8 Å². The number of aromatic nitrogens is 3. The molecule has 1 aromatic heterocycles. The number of thioether (sulfide) groups is 1. The van der Waals surface area contributed by atoms with Gasteiger partial charge >= 0.3 is 0 Å². The molecular weight excluding hydrogens is 450 g/mol. The molecule has 0 fully saturated rings. The molecule has 0 spiro atoms. The number of rotatable bonds is 9. The van der Waals surface area contributed by atoms with Crippen LogP contribution < -0.4 is 15.4 Å². The maximum atomic E-state index is 12.4. The van der Waals surface area contributed by atoms with Crippen LogP contribution in [0.25, 0.3) is 0 Å². The number of methoxy groups -OCH3 is 1. The van der Waals surface area contributed by atoms with Gasteiger partial charge in [0.05, 0.1) is 25.3 Å². The highest BCUT2D eigenvalue weighted by Crippen LogP contribution is 2.20. The Bertz CT molecular complexity index is 1070. The molecule has 0 aliphatic rings. The standard InChI is InChI=1S/C22H24ClN5O3S/c1-14(24-19(29)12-15-4-10-18(31-3)11-5-15)21-26-27-22(28(21)2)32-13-20(30)25-17-8-6-16(23)7-9-17/h4-11,14H,12-13H2,1-3H3,(H,24,29)(H,25,30)/t14-/m1/s1. The predicted octanol–water partition coefficient (Wildman–Crippen LogP) is 3.63. The van der Waals surface area contributed by atoms with Crippen LogP contribution in [0.1, 0.15) is 24.4 Å². The Hall–Kier alpha value is -3.04. The quantitative estimate of drug-likeness (QED) is 0.460. The van der Waals surface area contributed by atoms with Crippen molar-refractivity contribution in [2.45, 2.75) is 24.5 Å². The molecule has 0 saturated heterocycles. The van der Waals surface area contributed by atoms with Gasteiger partial charge in [-0.2, -0.15) is 0 Å². The first-order valence-corrected chi connectivity index (χ1v) is 11.2. The van der Waals surface area contributed by atoms with Crippen molar-refractivity contribution in [2.24, 2.45) is 7.05 Å². The van der Waals surface area contributed by atoms with Gasteiger partial charge in [0.2, 0.25) is 11.8 Å². The van der Waals surface area contributed by atoms with Crippen LogP contribution in [0.15, 0.2) is 53.7 Å². The summed E-state index contributed by atoms with van der Waals surface area (Å²) in [6.07, 6.45) is 0.249. The molecule has 0 aliphatic carbocycles. The number of ether oxygens (including phenoxy) is 1. The smallest absolute Gasteiger partial charge is 0.234 e. The predicted molar refractivity (Wildman–Crippen MR) is 125 cm³/mol. The van der Waals surface area contributed by atoms with Gasteiger partial charge < -0.3 is 19.9 Å². The lowest BCUT2D eigenvalue weighted by molar-refractivity contribution is -0.121. The normalized spacial score (nSPS) is 11.6. The number of nitrogens with one attached hydrogen (secondary N) is 2. The first-order chi connectivity index (χ1) is 15.4. The molecule has 0 saturated carbocycles. The van der Waals surface area contributed by atoms with E-state index in [1.807, 2.05) is 31.2 Å². The molecule has 3 rings (SSSR count). The van der Waals surface area contributed by atoms with Crippen LogP contribution in [0.2, 0.25) is 5.02 Å². The Morgan fingerprint density at radius 1 is 1.09 bits per heavy atom. The van der Waals surface area contributed by atoms with E-state index < -0.39 is 0 Å². The number of anilines is 1. The number of hydrogen-bond acceptors (Lipinski definition) is 6. The zero-order valence-corrected chi connectivity index (χ0v) is 19.5. The third kappa shape index (κ3) is 6.48. The molecule has 168 valence electrons. The Morgan fingerprint density at radius 2 is 1.78 bits per heavy atom. The van der Waals surface area contributed by atoms with E-state index in [4.69, 9.17) is 16.3 Å². The Morgan fingerprint density at radius 3 is 2.44 bits per heavy atom. The highest BCUT2D eigenvalue weighted by Gasteiger charge is 2.18. The van der Waals surface area contributed by atoms with Crippen LogP contribution >= 0.6 is 23.4 Å². The van der Waals surface area contributed by atoms with Crippen molar-refractivity contribution in [3.63, 3.8) is 0 Å². The molecule has 10 heteroatoms. The number of carbonyl (C=O) groups excluding carboxylic acids is 2. The minimum absolute atomic E-state index is 0.123. The lowest BCUT2D eigenvalue weighted by atomic mass is 10.1. The van der Waals surface area contributed by atoms with Gasteiger partial charge in [-0.15, -0.1) is 10.2 Å². The molecular formula is C22H24ClN5O3S. The SMILES string of the molecule is COc1ccc(CC(=O)N[C@H](C)c2nnc(SCC(=O)Nc3ccc(Cl)cc3)n2C)cc1. The fourth-order valence-electron chi connectivity index (χ4n) is 2.98. The molecule has 32 heavy (non-hydrogen) atoms. The highest BCUT2D eigenvalue weighted by atomic mass is 35.5. The van der Waals surface area contributed by atoms with E-state index >= 15 is 0 Å². The second-order valence-corrected chi connectivity index (χ2v) is 8.44. The van der Waals surface area contributed by atoms with Gasteiger partial charge in [0.25, 0.3) is 0 Å². The molecule has 1 atom stereocenters. The van der Waals surface area contributed by atoms with Gasteiger partial charge in [-0.25, -0.2) is 0 Å². The Labute approximate surface area is 195 Å². The van der Waals surface area contributed by atoms with E-state index in [9.17, 15) is 9.59 Å². The molecule has 0 radical (unpaired) electrons. The molecule has 2 amide bonds. The molecule has 3 aromatic rings. The van der Waals surface area contributed by atoms with Gasteiger partial charge in [-0.3, -0.25) is 9.59 Å². The molecule has 2 aromatic carbocycles. The van der Waals surface area contributed by atoms with Crippen molar-refractivity contribution in [3.05, 3.63) is 64.9 Å². The van der Waals surface area contributed by atoms with Crippen molar-refractivity contribution >= 4 is 40.9 Å². The maximum Gasteiger partial charge on any atom is 0.234 e.